The number of aromatic nitrogens is 4. The smallest absolute Gasteiger partial charge is 0.249 e. The van der Waals surface area contributed by atoms with Gasteiger partial charge in [0, 0.05) is 44.7 Å². The lowest BCUT2D eigenvalue weighted by Gasteiger charge is -2.45. The molecule has 1 spiro atoms. The lowest BCUT2D eigenvalue weighted by atomic mass is 9.92. The zero-order valence-electron chi connectivity index (χ0n) is 14.9. The Morgan fingerprint density at radius 2 is 1.96 bits per heavy atom. The van der Waals surface area contributed by atoms with Gasteiger partial charge in [0.25, 0.3) is 0 Å². The van der Waals surface area contributed by atoms with Crippen LogP contribution in [0.15, 0.2) is 30.3 Å². The van der Waals surface area contributed by atoms with Crippen molar-refractivity contribution >= 4 is 5.91 Å². The Hall–Kier alpha value is -2.32. The van der Waals surface area contributed by atoms with Crippen molar-refractivity contribution in [2.24, 2.45) is 0 Å². The molecule has 0 N–H and O–H groups in total. The van der Waals surface area contributed by atoms with Gasteiger partial charge < -0.3 is 14.4 Å². The molecule has 2 saturated heterocycles. The van der Waals surface area contributed by atoms with Crippen LogP contribution in [0.2, 0.25) is 0 Å². The lowest BCUT2D eigenvalue weighted by Crippen LogP contribution is -2.56. The molecule has 0 aliphatic carbocycles. The van der Waals surface area contributed by atoms with Gasteiger partial charge in [-0.2, -0.15) is 4.80 Å². The zero-order valence-corrected chi connectivity index (χ0v) is 14.9. The predicted octanol–water partition coefficient (Wildman–Crippen LogP) is 1.31. The van der Waals surface area contributed by atoms with E-state index in [1.54, 1.807) is 0 Å². The standard InChI is InChI=1S/C18H23N5O3/c1-14(23-20-16(19-21-23)15-5-3-2-4-6-15)17(24)22-9-12-26-18(13-22)7-10-25-11-8-18/h2-6,14H,7-13H2,1H3. The Kier molecular flexibility index (Phi) is 4.69. The number of hydrogen-bond donors (Lipinski definition) is 0. The molecule has 0 bridgehead atoms. The third-order valence-electron chi connectivity index (χ3n) is 5.13. The first-order valence-corrected chi connectivity index (χ1v) is 9.02. The molecule has 2 aliphatic rings. The molecule has 3 heterocycles. The summed E-state index contributed by atoms with van der Waals surface area (Å²) >= 11 is 0. The van der Waals surface area contributed by atoms with Crippen LogP contribution < -0.4 is 0 Å². The highest BCUT2D eigenvalue weighted by Gasteiger charge is 2.40. The van der Waals surface area contributed by atoms with Crippen LogP contribution in [0.1, 0.15) is 25.8 Å². The van der Waals surface area contributed by atoms with Crippen LogP contribution in [0.4, 0.5) is 0 Å². The summed E-state index contributed by atoms with van der Waals surface area (Å²) in [6, 6.07) is 9.12. The van der Waals surface area contributed by atoms with Crippen molar-refractivity contribution in [1.82, 2.24) is 25.1 Å². The molecule has 2 aromatic rings. The van der Waals surface area contributed by atoms with Crippen molar-refractivity contribution < 1.29 is 14.3 Å². The number of morpholine rings is 1. The third-order valence-corrected chi connectivity index (χ3v) is 5.13. The van der Waals surface area contributed by atoms with Crippen LogP contribution >= 0.6 is 0 Å². The van der Waals surface area contributed by atoms with Gasteiger partial charge in [-0.05, 0) is 12.1 Å². The third kappa shape index (κ3) is 3.34. The summed E-state index contributed by atoms with van der Waals surface area (Å²) in [7, 11) is 0. The SMILES string of the molecule is CC(C(=O)N1CCOC2(CCOCC2)C1)n1nnc(-c2ccccc2)n1. The minimum atomic E-state index is -0.505. The number of carbonyl (C=O) groups is 1. The predicted molar refractivity (Wildman–Crippen MR) is 93.3 cm³/mol. The van der Waals surface area contributed by atoms with Crippen molar-refractivity contribution in [3.8, 4) is 11.4 Å². The van der Waals surface area contributed by atoms with E-state index in [9.17, 15) is 4.79 Å². The molecule has 138 valence electrons. The van der Waals surface area contributed by atoms with E-state index < -0.39 is 6.04 Å². The number of ether oxygens (including phenoxy) is 2. The van der Waals surface area contributed by atoms with Crippen LogP contribution in [0, 0.1) is 0 Å². The van der Waals surface area contributed by atoms with Gasteiger partial charge in [0.1, 0.15) is 6.04 Å². The Morgan fingerprint density at radius 1 is 1.19 bits per heavy atom. The molecule has 26 heavy (non-hydrogen) atoms. The summed E-state index contributed by atoms with van der Waals surface area (Å²) in [5.74, 6) is 0.518. The molecule has 1 aromatic carbocycles. The summed E-state index contributed by atoms with van der Waals surface area (Å²) in [4.78, 5) is 16.2. The maximum atomic E-state index is 13.0. The molecule has 1 unspecified atom stereocenters. The Labute approximate surface area is 152 Å². The quantitative estimate of drug-likeness (QED) is 0.824. The topological polar surface area (TPSA) is 82.4 Å². The van der Waals surface area contributed by atoms with E-state index in [4.69, 9.17) is 9.47 Å². The molecule has 1 amide bonds. The fraction of sp³-hybridized carbons (Fsp3) is 0.556. The van der Waals surface area contributed by atoms with E-state index in [0.29, 0.717) is 38.7 Å². The maximum Gasteiger partial charge on any atom is 0.249 e. The zero-order chi connectivity index (χ0) is 18.0. The van der Waals surface area contributed by atoms with Crippen LogP contribution in [0.25, 0.3) is 11.4 Å². The largest absolute Gasteiger partial charge is 0.381 e. The van der Waals surface area contributed by atoms with Crippen LogP contribution in [0.3, 0.4) is 0 Å². The highest BCUT2D eigenvalue weighted by molar-refractivity contribution is 5.80. The van der Waals surface area contributed by atoms with Gasteiger partial charge in [-0.1, -0.05) is 30.3 Å². The minimum absolute atomic E-state index is 0.00354. The van der Waals surface area contributed by atoms with E-state index in [1.807, 2.05) is 42.2 Å². The number of rotatable bonds is 3. The average Bonchev–Trinajstić information content (AvgIpc) is 3.18. The molecule has 0 saturated carbocycles. The highest BCUT2D eigenvalue weighted by atomic mass is 16.5. The molecule has 0 radical (unpaired) electrons. The van der Waals surface area contributed by atoms with Crippen molar-refractivity contribution in [2.45, 2.75) is 31.4 Å². The van der Waals surface area contributed by atoms with E-state index in [1.165, 1.54) is 4.80 Å². The van der Waals surface area contributed by atoms with Gasteiger partial charge in [0.05, 0.1) is 12.2 Å². The normalized spacial score (nSPS) is 20.9. The lowest BCUT2D eigenvalue weighted by molar-refractivity contribution is -0.170. The Morgan fingerprint density at radius 3 is 2.73 bits per heavy atom. The molecular formula is C18H23N5O3. The van der Waals surface area contributed by atoms with Crippen molar-refractivity contribution in [1.29, 1.82) is 0 Å². The first-order valence-electron chi connectivity index (χ1n) is 9.02. The first-order chi connectivity index (χ1) is 12.7. The summed E-state index contributed by atoms with van der Waals surface area (Å²) in [6.07, 6.45) is 1.65. The number of tetrazole rings is 1. The molecule has 1 aromatic heterocycles. The summed E-state index contributed by atoms with van der Waals surface area (Å²) in [6.45, 7) is 4.92. The number of nitrogens with zero attached hydrogens (tertiary/aromatic N) is 5. The van der Waals surface area contributed by atoms with Gasteiger partial charge in [-0.3, -0.25) is 4.79 Å². The fourth-order valence-electron chi connectivity index (χ4n) is 3.53. The second-order valence-electron chi connectivity index (χ2n) is 6.88. The van der Waals surface area contributed by atoms with Crippen molar-refractivity contribution in [3.05, 3.63) is 30.3 Å². The molecular weight excluding hydrogens is 334 g/mol. The van der Waals surface area contributed by atoms with Gasteiger partial charge in [0.2, 0.25) is 11.7 Å². The highest BCUT2D eigenvalue weighted by Crippen LogP contribution is 2.30. The van der Waals surface area contributed by atoms with E-state index >= 15 is 0 Å². The molecule has 1 atom stereocenters. The van der Waals surface area contributed by atoms with Gasteiger partial charge in [-0.25, -0.2) is 0 Å². The van der Waals surface area contributed by atoms with Gasteiger partial charge >= 0.3 is 0 Å². The Bertz CT molecular complexity index is 752. The second kappa shape index (κ2) is 7.13. The number of carbonyl (C=O) groups excluding carboxylic acids is 1. The van der Waals surface area contributed by atoms with Crippen LogP contribution in [-0.4, -0.2) is 69.5 Å². The second-order valence-corrected chi connectivity index (χ2v) is 6.88. The van der Waals surface area contributed by atoms with Crippen molar-refractivity contribution in [3.63, 3.8) is 0 Å². The summed E-state index contributed by atoms with van der Waals surface area (Å²) < 4.78 is 11.4. The molecule has 8 heteroatoms. The molecule has 2 aliphatic heterocycles. The van der Waals surface area contributed by atoms with E-state index in [0.717, 1.165) is 18.4 Å². The molecule has 2 fully saturated rings. The first kappa shape index (κ1) is 17.1. The van der Waals surface area contributed by atoms with Gasteiger partial charge in [-0.15, -0.1) is 10.2 Å². The number of hydrogen-bond acceptors (Lipinski definition) is 6. The van der Waals surface area contributed by atoms with Crippen LogP contribution in [0.5, 0.6) is 0 Å². The monoisotopic (exact) mass is 357 g/mol. The molecule has 8 nitrogen and oxygen atoms in total. The minimum Gasteiger partial charge on any atom is -0.381 e. The number of amides is 1. The maximum absolute atomic E-state index is 13.0. The molecule has 4 rings (SSSR count). The average molecular weight is 357 g/mol. The van der Waals surface area contributed by atoms with Crippen molar-refractivity contribution in [2.75, 3.05) is 32.9 Å². The van der Waals surface area contributed by atoms with Gasteiger partial charge in [0.15, 0.2) is 0 Å². The fourth-order valence-corrected chi connectivity index (χ4v) is 3.53. The Balaban J connectivity index is 1.47. The summed E-state index contributed by atoms with van der Waals surface area (Å²) in [5, 5.41) is 12.6. The van der Waals surface area contributed by atoms with E-state index in [2.05, 4.69) is 15.4 Å². The van der Waals surface area contributed by atoms with E-state index in [-0.39, 0.29) is 11.5 Å². The summed E-state index contributed by atoms with van der Waals surface area (Å²) in [5.41, 5.74) is 0.614. The van der Waals surface area contributed by atoms with Crippen LogP contribution in [-0.2, 0) is 14.3 Å². The number of benzene rings is 1.